The normalized spacial score (nSPS) is 10.6. The number of alkyl halides is 1. The number of aromatic carboxylic acids is 1. The largest absolute Gasteiger partial charge is 0.504 e. The highest BCUT2D eigenvalue weighted by molar-refractivity contribution is 6.17. The van der Waals surface area contributed by atoms with Crippen molar-refractivity contribution in [2.24, 2.45) is 0 Å². The summed E-state index contributed by atoms with van der Waals surface area (Å²) in [6.45, 7) is 0. The molecule has 0 radical (unpaired) electrons. The van der Waals surface area contributed by atoms with Gasteiger partial charge < -0.3 is 15.3 Å². The second-order valence-corrected chi connectivity index (χ2v) is 4.86. The fourth-order valence-electron chi connectivity index (χ4n) is 2.01. The number of carbonyl (C=O) groups is 1. The molecule has 0 saturated carbocycles. The van der Waals surface area contributed by atoms with Crippen LogP contribution in [0, 0.1) is 0 Å². The highest BCUT2D eigenvalue weighted by atomic mass is 35.5. The van der Waals surface area contributed by atoms with Crippen molar-refractivity contribution in [3.63, 3.8) is 0 Å². The van der Waals surface area contributed by atoms with Gasteiger partial charge in [0.25, 0.3) is 0 Å². The van der Waals surface area contributed by atoms with Crippen molar-refractivity contribution >= 4 is 17.6 Å². The zero-order valence-corrected chi connectivity index (χ0v) is 11.5. The average Bonchev–Trinajstić information content (AvgIpc) is 2.37. The molecule has 1 aromatic rings. The maximum atomic E-state index is 11.1. The number of phenols is 2. The van der Waals surface area contributed by atoms with E-state index in [0.717, 1.165) is 32.1 Å². The van der Waals surface area contributed by atoms with Gasteiger partial charge in [0, 0.05) is 5.88 Å². The Balaban J connectivity index is 2.58. The van der Waals surface area contributed by atoms with Crippen molar-refractivity contribution in [2.45, 2.75) is 38.5 Å². The van der Waals surface area contributed by atoms with Crippen LogP contribution >= 0.6 is 11.6 Å². The first-order valence-electron chi connectivity index (χ1n) is 6.41. The molecular weight excluding hydrogens is 268 g/mol. The van der Waals surface area contributed by atoms with Crippen LogP contribution in [0.15, 0.2) is 12.1 Å². The third-order valence-corrected chi connectivity index (χ3v) is 3.30. The maximum absolute atomic E-state index is 11.1. The van der Waals surface area contributed by atoms with Crippen LogP contribution in [-0.4, -0.2) is 27.2 Å². The van der Waals surface area contributed by atoms with E-state index in [1.807, 2.05) is 0 Å². The van der Waals surface area contributed by atoms with Crippen LogP contribution in [0.1, 0.15) is 48.0 Å². The number of benzene rings is 1. The smallest absolute Gasteiger partial charge is 0.339 e. The third-order valence-electron chi connectivity index (χ3n) is 3.04. The van der Waals surface area contributed by atoms with Gasteiger partial charge in [0.1, 0.15) is 5.56 Å². The summed E-state index contributed by atoms with van der Waals surface area (Å²) < 4.78 is 0. The van der Waals surface area contributed by atoms with E-state index in [2.05, 4.69) is 0 Å². The highest BCUT2D eigenvalue weighted by Gasteiger charge is 2.18. The van der Waals surface area contributed by atoms with Crippen LogP contribution in [0.3, 0.4) is 0 Å². The summed E-state index contributed by atoms with van der Waals surface area (Å²) in [5, 5.41) is 28.0. The lowest BCUT2D eigenvalue weighted by Crippen LogP contribution is -2.03. The molecule has 0 aliphatic carbocycles. The number of hydrogen-bond acceptors (Lipinski definition) is 3. The predicted octanol–water partition coefficient (Wildman–Crippen LogP) is 3.53. The van der Waals surface area contributed by atoms with Crippen molar-refractivity contribution in [1.82, 2.24) is 0 Å². The molecule has 5 heteroatoms. The minimum Gasteiger partial charge on any atom is -0.504 e. The number of aromatic hydroxyl groups is 2. The molecule has 19 heavy (non-hydrogen) atoms. The Bertz CT molecular complexity index is 432. The van der Waals surface area contributed by atoms with Crippen LogP contribution < -0.4 is 0 Å². The summed E-state index contributed by atoms with van der Waals surface area (Å²) in [5.41, 5.74) is 0.362. The summed E-state index contributed by atoms with van der Waals surface area (Å²) in [7, 11) is 0. The van der Waals surface area contributed by atoms with E-state index in [9.17, 15) is 15.0 Å². The van der Waals surface area contributed by atoms with Crippen LogP contribution in [0.25, 0.3) is 0 Å². The number of halogens is 1. The van der Waals surface area contributed by atoms with Crippen molar-refractivity contribution < 1.29 is 20.1 Å². The standard InChI is InChI=1S/C14H19ClO4/c15-9-5-3-1-2-4-6-10-7-8-11(16)13(17)12(10)14(18)19/h7-8,16-17H,1-6,9H2,(H,18,19). The first kappa shape index (κ1) is 15.6. The topological polar surface area (TPSA) is 77.8 Å². The van der Waals surface area contributed by atoms with E-state index in [1.54, 1.807) is 6.07 Å². The molecule has 0 aromatic heterocycles. The van der Waals surface area contributed by atoms with E-state index in [1.165, 1.54) is 6.07 Å². The van der Waals surface area contributed by atoms with Crippen LogP contribution in [-0.2, 0) is 6.42 Å². The number of rotatable bonds is 8. The van der Waals surface area contributed by atoms with Crippen molar-refractivity contribution in [3.05, 3.63) is 23.3 Å². The third kappa shape index (κ3) is 4.63. The summed E-state index contributed by atoms with van der Waals surface area (Å²) in [6.07, 6.45) is 5.58. The molecule has 0 amide bonds. The molecule has 0 saturated heterocycles. The minimum atomic E-state index is -1.22. The summed E-state index contributed by atoms with van der Waals surface area (Å²) >= 11 is 5.58. The molecule has 106 valence electrons. The Kier molecular flexibility index (Phi) is 6.50. The summed E-state index contributed by atoms with van der Waals surface area (Å²) in [4.78, 5) is 11.1. The molecule has 0 heterocycles. The second-order valence-electron chi connectivity index (χ2n) is 4.48. The monoisotopic (exact) mass is 286 g/mol. The zero-order valence-electron chi connectivity index (χ0n) is 10.7. The SMILES string of the molecule is O=C(O)c1c(CCCCCCCCl)ccc(O)c1O. The molecule has 0 unspecified atom stereocenters. The molecule has 0 atom stereocenters. The van der Waals surface area contributed by atoms with Crippen LogP contribution in [0.5, 0.6) is 11.5 Å². The van der Waals surface area contributed by atoms with E-state index < -0.39 is 17.5 Å². The molecular formula is C14H19ClO4. The van der Waals surface area contributed by atoms with Crippen LogP contribution in [0.2, 0.25) is 0 Å². The Morgan fingerprint density at radius 1 is 1.05 bits per heavy atom. The number of hydrogen-bond donors (Lipinski definition) is 3. The van der Waals surface area contributed by atoms with Crippen molar-refractivity contribution in [3.8, 4) is 11.5 Å². The van der Waals surface area contributed by atoms with Crippen molar-refractivity contribution in [2.75, 3.05) is 5.88 Å². The van der Waals surface area contributed by atoms with Gasteiger partial charge in [-0.3, -0.25) is 0 Å². The molecule has 1 aromatic carbocycles. The van der Waals surface area contributed by atoms with Crippen LogP contribution in [0.4, 0.5) is 0 Å². The lowest BCUT2D eigenvalue weighted by Gasteiger charge is -2.09. The van der Waals surface area contributed by atoms with Gasteiger partial charge in [-0.1, -0.05) is 25.3 Å². The van der Waals surface area contributed by atoms with Gasteiger partial charge >= 0.3 is 5.97 Å². The van der Waals surface area contributed by atoms with Gasteiger partial charge in [0.15, 0.2) is 11.5 Å². The second kappa shape index (κ2) is 7.89. The Morgan fingerprint density at radius 2 is 1.68 bits per heavy atom. The molecule has 0 aliphatic heterocycles. The Hall–Kier alpha value is -1.42. The molecule has 0 aliphatic rings. The quantitative estimate of drug-likeness (QED) is 0.388. The first-order chi connectivity index (χ1) is 9.07. The molecule has 3 N–H and O–H groups in total. The first-order valence-corrected chi connectivity index (χ1v) is 6.94. The highest BCUT2D eigenvalue weighted by Crippen LogP contribution is 2.32. The number of phenolic OH excluding ortho intramolecular Hbond substituents is 1. The van der Waals surface area contributed by atoms with Gasteiger partial charge in [0.05, 0.1) is 0 Å². The van der Waals surface area contributed by atoms with Gasteiger partial charge in [0.2, 0.25) is 0 Å². The number of unbranched alkanes of at least 4 members (excludes halogenated alkanes) is 4. The number of aryl methyl sites for hydroxylation is 1. The Labute approximate surface area is 117 Å². The lowest BCUT2D eigenvalue weighted by molar-refractivity contribution is 0.0691. The fourth-order valence-corrected chi connectivity index (χ4v) is 2.20. The van der Waals surface area contributed by atoms with Crippen molar-refractivity contribution in [1.29, 1.82) is 0 Å². The molecule has 1 rings (SSSR count). The minimum absolute atomic E-state index is 0.194. The lowest BCUT2D eigenvalue weighted by atomic mass is 9.99. The molecule has 4 nitrogen and oxygen atoms in total. The summed E-state index contributed by atoms with van der Waals surface area (Å²) in [6, 6.07) is 2.88. The van der Waals surface area contributed by atoms with Gasteiger partial charge in [-0.15, -0.1) is 11.6 Å². The number of carboxylic acid groups (broad SMARTS) is 1. The van der Waals surface area contributed by atoms with E-state index >= 15 is 0 Å². The molecule has 0 spiro atoms. The molecule has 0 fully saturated rings. The van der Waals surface area contributed by atoms with E-state index in [4.69, 9.17) is 16.7 Å². The zero-order chi connectivity index (χ0) is 14.3. The predicted molar refractivity (Wildman–Crippen MR) is 74.2 cm³/mol. The summed E-state index contributed by atoms with van der Waals surface area (Å²) in [5.74, 6) is -1.49. The van der Waals surface area contributed by atoms with Gasteiger partial charge in [-0.05, 0) is 30.9 Å². The number of carboxylic acids is 1. The fraction of sp³-hybridized carbons (Fsp3) is 0.500. The van der Waals surface area contributed by atoms with E-state index in [0.29, 0.717) is 17.9 Å². The Morgan fingerprint density at radius 3 is 2.32 bits per heavy atom. The maximum Gasteiger partial charge on any atom is 0.339 e. The molecule has 0 bridgehead atoms. The van der Waals surface area contributed by atoms with Gasteiger partial charge in [-0.2, -0.15) is 0 Å². The average molecular weight is 287 g/mol. The van der Waals surface area contributed by atoms with E-state index in [-0.39, 0.29) is 5.56 Å². The van der Waals surface area contributed by atoms with Gasteiger partial charge in [-0.25, -0.2) is 4.79 Å².